The van der Waals surface area contributed by atoms with Gasteiger partial charge in [-0.3, -0.25) is 9.59 Å². The molecule has 2 amide bonds. The van der Waals surface area contributed by atoms with E-state index in [0.717, 1.165) is 22.3 Å². The second kappa shape index (κ2) is 10.3. The standard InChI is InChI=1S/C25H30N2O5/c1-4-16(13-22(28)29)26-24(30)23(15(2)3)27-25(31)32-14-21-19-11-7-5-9-17(19)18-10-6-8-12-20(18)21/h5-12,15-16,21,23H,4,13-14H2,1-3H3,(H,26,30)(H,27,31)(H,28,29)/t16-,23-/m1/s1. The smallest absolute Gasteiger partial charge is 0.407 e. The Morgan fingerprint density at radius 2 is 1.53 bits per heavy atom. The number of fused-ring (bicyclic) bond motifs is 3. The van der Waals surface area contributed by atoms with Gasteiger partial charge in [-0.1, -0.05) is 69.3 Å². The van der Waals surface area contributed by atoms with Crippen molar-refractivity contribution in [1.29, 1.82) is 0 Å². The van der Waals surface area contributed by atoms with Crippen LogP contribution in [0, 0.1) is 5.92 Å². The summed E-state index contributed by atoms with van der Waals surface area (Å²) < 4.78 is 5.54. The summed E-state index contributed by atoms with van der Waals surface area (Å²) in [5.41, 5.74) is 4.50. The Labute approximate surface area is 188 Å². The fourth-order valence-electron chi connectivity index (χ4n) is 4.10. The summed E-state index contributed by atoms with van der Waals surface area (Å²) in [5, 5.41) is 14.4. The van der Waals surface area contributed by atoms with Crippen LogP contribution in [0.15, 0.2) is 48.5 Å². The molecule has 0 fully saturated rings. The zero-order valence-electron chi connectivity index (χ0n) is 18.6. The van der Waals surface area contributed by atoms with Gasteiger partial charge >= 0.3 is 12.1 Å². The number of carboxylic acids is 1. The minimum Gasteiger partial charge on any atom is -0.481 e. The SMILES string of the molecule is CC[C@H](CC(=O)O)NC(=O)[C@H](NC(=O)OCC1c2ccccc2-c2ccccc21)C(C)C. The monoisotopic (exact) mass is 438 g/mol. The third-order valence-corrected chi connectivity index (χ3v) is 5.83. The van der Waals surface area contributed by atoms with Gasteiger partial charge in [0, 0.05) is 12.0 Å². The molecule has 0 spiro atoms. The molecule has 2 aromatic carbocycles. The maximum atomic E-state index is 12.7. The van der Waals surface area contributed by atoms with Crippen molar-refractivity contribution in [3.63, 3.8) is 0 Å². The Balaban J connectivity index is 1.64. The highest BCUT2D eigenvalue weighted by atomic mass is 16.5. The van der Waals surface area contributed by atoms with E-state index in [0.29, 0.717) is 6.42 Å². The molecular weight excluding hydrogens is 408 g/mol. The summed E-state index contributed by atoms with van der Waals surface area (Å²) in [6.45, 7) is 5.58. The second-order valence-electron chi connectivity index (χ2n) is 8.40. The Morgan fingerprint density at radius 1 is 0.969 bits per heavy atom. The Morgan fingerprint density at radius 3 is 2.03 bits per heavy atom. The molecule has 0 radical (unpaired) electrons. The van der Waals surface area contributed by atoms with Crippen LogP contribution in [0.1, 0.15) is 50.7 Å². The van der Waals surface area contributed by atoms with Crippen molar-refractivity contribution in [2.24, 2.45) is 5.92 Å². The highest BCUT2D eigenvalue weighted by Crippen LogP contribution is 2.44. The molecule has 2 aromatic rings. The molecule has 32 heavy (non-hydrogen) atoms. The lowest BCUT2D eigenvalue weighted by atomic mass is 9.98. The van der Waals surface area contributed by atoms with Crippen molar-refractivity contribution in [3.05, 3.63) is 59.7 Å². The van der Waals surface area contributed by atoms with Crippen LogP contribution in [-0.2, 0) is 14.3 Å². The lowest BCUT2D eigenvalue weighted by Gasteiger charge is -2.24. The number of ether oxygens (including phenoxy) is 1. The summed E-state index contributed by atoms with van der Waals surface area (Å²) >= 11 is 0. The lowest BCUT2D eigenvalue weighted by molar-refractivity contribution is -0.137. The second-order valence-corrected chi connectivity index (χ2v) is 8.40. The van der Waals surface area contributed by atoms with Gasteiger partial charge in [0.2, 0.25) is 5.91 Å². The van der Waals surface area contributed by atoms with E-state index in [2.05, 4.69) is 22.8 Å². The average molecular weight is 439 g/mol. The lowest BCUT2D eigenvalue weighted by Crippen LogP contribution is -2.52. The van der Waals surface area contributed by atoms with Crippen LogP contribution >= 0.6 is 0 Å². The van der Waals surface area contributed by atoms with Crippen LogP contribution in [-0.4, -0.2) is 41.8 Å². The van der Waals surface area contributed by atoms with Crippen molar-refractivity contribution in [2.75, 3.05) is 6.61 Å². The van der Waals surface area contributed by atoms with E-state index in [9.17, 15) is 14.4 Å². The van der Waals surface area contributed by atoms with Gasteiger partial charge in [0.1, 0.15) is 12.6 Å². The predicted molar refractivity (Wildman–Crippen MR) is 121 cm³/mol. The molecule has 0 aromatic heterocycles. The van der Waals surface area contributed by atoms with Crippen LogP contribution in [0.3, 0.4) is 0 Å². The maximum Gasteiger partial charge on any atom is 0.407 e. The number of amides is 2. The zero-order valence-corrected chi connectivity index (χ0v) is 18.6. The number of benzene rings is 2. The van der Waals surface area contributed by atoms with Crippen molar-refractivity contribution >= 4 is 18.0 Å². The van der Waals surface area contributed by atoms with Crippen molar-refractivity contribution in [3.8, 4) is 11.1 Å². The number of nitrogens with one attached hydrogen (secondary N) is 2. The highest BCUT2D eigenvalue weighted by molar-refractivity contribution is 5.86. The van der Waals surface area contributed by atoms with Gasteiger partial charge in [0.05, 0.1) is 6.42 Å². The van der Waals surface area contributed by atoms with Gasteiger partial charge in [-0.25, -0.2) is 4.79 Å². The van der Waals surface area contributed by atoms with Gasteiger partial charge in [-0.15, -0.1) is 0 Å². The van der Waals surface area contributed by atoms with Gasteiger partial charge in [0.15, 0.2) is 0 Å². The number of hydrogen-bond donors (Lipinski definition) is 3. The van der Waals surface area contributed by atoms with E-state index in [-0.39, 0.29) is 24.9 Å². The molecule has 7 nitrogen and oxygen atoms in total. The molecule has 0 bridgehead atoms. The number of hydrogen-bond acceptors (Lipinski definition) is 4. The zero-order chi connectivity index (χ0) is 23.3. The van der Waals surface area contributed by atoms with Gasteiger partial charge in [-0.2, -0.15) is 0 Å². The first kappa shape index (κ1) is 23.3. The van der Waals surface area contributed by atoms with E-state index in [1.165, 1.54) is 0 Å². The van der Waals surface area contributed by atoms with Crippen molar-refractivity contribution < 1.29 is 24.2 Å². The molecule has 2 atom stereocenters. The van der Waals surface area contributed by atoms with E-state index < -0.39 is 30.1 Å². The maximum absolute atomic E-state index is 12.7. The molecule has 0 saturated heterocycles. The van der Waals surface area contributed by atoms with Gasteiger partial charge in [-0.05, 0) is 34.6 Å². The van der Waals surface area contributed by atoms with Gasteiger partial charge in [0.25, 0.3) is 0 Å². The number of rotatable bonds is 9. The van der Waals surface area contributed by atoms with Crippen LogP contribution in [0.25, 0.3) is 11.1 Å². The van der Waals surface area contributed by atoms with E-state index >= 15 is 0 Å². The van der Waals surface area contributed by atoms with Crippen molar-refractivity contribution in [2.45, 2.75) is 51.6 Å². The number of alkyl carbamates (subject to hydrolysis) is 1. The first-order valence-corrected chi connectivity index (χ1v) is 11.0. The summed E-state index contributed by atoms with van der Waals surface area (Å²) in [6, 6.07) is 14.8. The molecule has 0 aliphatic heterocycles. The molecule has 1 aliphatic rings. The fourth-order valence-corrected chi connectivity index (χ4v) is 4.10. The van der Waals surface area contributed by atoms with E-state index in [1.807, 2.05) is 50.2 Å². The molecule has 7 heteroatoms. The molecule has 0 heterocycles. The minimum atomic E-state index is -0.984. The number of aliphatic carboxylic acids is 1. The fraction of sp³-hybridized carbons (Fsp3) is 0.400. The van der Waals surface area contributed by atoms with E-state index in [1.54, 1.807) is 6.92 Å². The summed E-state index contributed by atoms with van der Waals surface area (Å²) in [5.74, 6) is -1.67. The Hall–Kier alpha value is -3.35. The Bertz CT molecular complexity index is 942. The van der Waals surface area contributed by atoms with Crippen LogP contribution in [0.4, 0.5) is 4.79 Å². The molecule has 1 aliphatic carbocycles. The molecule has 170 valence electrons. The van der Waals surface area contributed by atoms with Crippen LogP contribution in [0.5, 0.6) is 0 Å². The predicted octanol–water partition coefficient (Wildman–Crippen LogP) is 3.92. The largest absolute Gasteiger partial charge is 0.481 e. The average Bonchev–Trinajstić information content (AvgIpc) is 3.08. The van der Waals surface area contributed by atoms with Crippen LogP contribution in [0.2, 0.25) is 0 Å². The third-order valence-electron chi connectivity index (χ3n) is 5.83. The molecule has 0 unspecified atom stereocenters. The number of carboxylic acid groups (broad SMARTS) is 1. The normalized spacial score (nSPS) is 14.2. The number of carbonyl (C=O) groups is 3. The Kier molecular flexibility index (Phi) is 7.51. The summed E-state index contributed by atoms with van der Waals surface area (Å²) in [7, 11) is 0. The first-order chi connectivity index (χ1) is 15.3. The third kappa shape index (κ3) is 5.28. The first-order valence-electron chi connectivity index (χ1n) is 11.0. The van der Waals surface area contributed by atoms with E-state index in [4.69, 9.17) is 9.84 Å². The minimum absolute atomic E-state index is 0.0699. The quantitative estimate of drug-likeness (QED) is 0.550. The molecule has 3 N–H and O–H groups in total. The molecular formula is C25H30N2O5. The number of carbonyl (C=O) groups excluding carboxylic acids is 2. The molecule has 0 saturated carbocycles. The topological polar surface area (TPSA) is 105 Å². The summed E-state index contributed by atoms with van der Waals surface area (Å²) in [6.07, 6.45) is -0.363. The highest BCUT2D eigenvalue weighted by Gasteiger charge is 2.31. The van der Waals surface area contributed by atoms with Crippen LogP contribution < -0.4 is 10.6 Å². The summed E-state index contributed by atoms with van der Waals surface area (Å²) in [4.78, 5) is 36.2. The molecule has 3 rings (SSSR count). The van der Waals surface area contributed by atoms with Gasteiger partial charge < -0.3 is 20.5 Å². The van der Waals surface area contributed by atoms with Crippen molar-refractivity contribution in [1.82, 2.24) is 10.6 Å².